The van der Waals surface area contributed by atoms with E-state index in [1.54, 1.807) is 27.7 Å². The van der Waals surface area contributed by atoms with Crippen molar-refractivity contribution in [3.05, 3.63) is 34.0 Å². The fourth-order valence-electron chi connectivity index (χ4n) is 1.98. The predicted molar refractivity (Wildman–Crippen MR) is 90.4 cm³/mol. The van der Waals surface area contributed by atoms with Crippen molar-refractivity contribution >= 4 is 16.7 Å². The van der Waals surface area contributed by atoms with Gasteiger partial charge >= 0.3 is 0 Å². The first-order chi connectivity index (χ1) is 11.2. The third kappa shape index (κ3) is 4.24. The minimum atomic E-state index is -1.49. The molecule has 1 aliphatic heterocycles. The number of nitrogens with zero attached hydrogens (tertiary/aromatic N) is 4. The van der Waals surface area contributed by atoms with Crippen molar-refractivity contribution in [3.63, 3.8) is 0 Å². The Morgan fingerprint density at radius 2 is 2.21 bits per heavy atom. The Morgan fingerprint density at radius 3 is 2.83 bits per heavy atom. The van der Waals surface area contributed by atoms with Crippen LogP contribution in [0.4, 0.5) is 4.39 Å². The number of ether oxygens (including phenoxy) is 2. The Morgan fingerprint density at radius 1 is 1.50 bits per heavy atom. The highest BCUT2D eigenvalue weighted by Crippen LogP contribution is 2.37. The lowest BCUT2D eigenvalue weighted by molar-refractivity contribution is 0.0961. The van der Waals surface area contributed by atoms with Gasteiger partial charge in [-0.3, -0.25) is 0 Å². The van der Waals surface area contributed by atoms with Crippen LogP contribution in [0.15, 0.2) is 21.6 Å². The number of azide groups is 1. The molecule has 24 heavy (non-hydrogen) atoms. The van der Waals surface area contributed by atoms with E-state index < -0.39 is 27.7 Å². The average molecular weight is 354 g/mol. The van der Waals surface area contributed by atoms with E-state index >= 15 is 0 Å². The van der Waals surface area contributed by atoms with E-state index in [2.05, 4.69) is 14.4 Å². The van der Waals surface area contributed by atoms with Crippen LogP contribution in [0.5, 0.6) is 11.5 Å². The average Bonchev–Trinajstić information content (AvgIpc) is 2.51. The van der Waals surface area contributed by atoms with Crippen LogP contribution in [0.2, 0.25) is 0 Å². The summed E-state index contributed by atoms with van der Waals surface area (Å²) in [5, 5.41) is 3.46. The standard InChI is InChI=1S/C15H19FN4O3S/c1-9(19-24(21)15(2,3)4)12-5-10(16)6-13-14(12)23-11(8-22-13)7-18-20-17/h5-6,11H,7-8H2,1-4H3/t11-,24-/m1/s1. The molecule has 0 aromatic heterocycles. The Kier molecular flexibility index (Phi) is 5.46. The molecule has 130 valence electrons. The van der Waals surface area contributed by atoms with Crippen LogP contribution in [0.25, 0.3) is 10.4 Å². The third-order valence-corrected chi connectivity index (χ3v) is 4.70. The Balaban J connectivity index is 2.41. The molecule has 0 amide bonds. The summed E-state index contributed by atoms with van der Waals surface area (Å²) in [5.74, 6) is 0.0585. The molecule has 0 aliphatic carbocycles. The maximum atomic E-state index is 13.9. The lowest BCUT2D eigenvalue weighted by atomic mass is 10.1. The van der Waals surface area contributed by atoms with Gasteiger partial charge in [0.15, 0.2) is 11.5 Å². The Labute approximate surface area is 142 Å². The first-order valence-electron chi connectivity index (χ1n) is 7.34. The molecule has 0 fully saturated rings. The quantitative estimate of drug-likeness (QED) is 0.358. The van der Waals surface area contributed by atoms with E-state index in [0.29, 0.717) is 17.0 Å². The normalized spacial score (nSPS) is 18.7. The summed E-state index contributed by atoms with van der Waals surface area (Å²) in [4.78, 5) is 2.69. The molecule has 0 saturated heterocycles. The maximum Gasteiger partial charge on any atom is 0.171 e. The van der Waals surface area contributed by atoms with Gasteiger partial charge in [0.25, 0.3) is 0 Å². The van der Waals surface area contributed by atoms with Gasteiger partial charge in [-0.1, -0.05) is 5.11 Å². The summed E-state index contributed by atoms with van der Waals surface area (Å²) in [7, 11) is -1.49. The maximum absolute atomic E-state index is 13.9. The van der Waals surface area contributed by atoms with Gasteiger partial charge in [-0.15, -0.1) is 0 Å². The zero-order valence-electron chi connectivity index (χ0n) is 13.9. The topological polar surface area (TPSA) is 96.7 Å². The molecule has 9 heteroatoms. The smallest absolute Gasteiger partial charge is 0.171 e. The lowest BCUT2D eigenvalue weighted by Crippen LogP contribution is -2.32. The van der Waals surface area contributed by atoms with Crippen molar-refractivity contribution in [3.8, 4) is 11.5 Å². The molecular weight excluding hydrogens is 335 g/mol. The summed E-state index contributed by atoms with van der Waals surface area (Å²) in [6.07, 6.45) is -0.474. The van der Waals surface area contributed by atoms with Crippen molar-refractivity contribution in [1.29, 1.82) is 0 Å². The number of halogens is 1. The van der Waals surface area contributed by atoms with Crippen molar-refractivity contribution in [2.45, 2.75) is 38.5 Å². The first-order valence-corrected chi connectivity index (χ1v) is 8.44. The minimum absolute atomic E-state index is 0.0941. The monoisotopic (exact) mass is 354 g/mol. The molecule has 1 aromatic carbocycles. The highest BCUT2D eigenvalue weighted by Gasteiger charge is 2.26. The van der Waals surface area contributed by atoms with Gasteiger partial charge in [0.2, 0.25) is 0 Å². The molecule has 0 spiro atoms. The zero-order chi connectivity index (χ0) is 17.9. The van der Waals surface area contributed by atoms with Gasteiger partial charge in [-0.05, 0) is 39.3 Å². The summed E-state index contributed by atoms with van der Waals surface area (Å²) in [5.41, 5.74) is 9.16. The van der Waals surface area contributed by atoms with Crippen LogP contribution in [-0.2, 0) is 11.0 Å². The van der Waals surface area contributed by atoms with Crippen LogP contribution >= 0.6 is 0 Å². The van der Waals surface area contributed by atoms with Crippen molar-refractivity contribution in [2.75, 3.05) is 13.2 Å². The largest absolute Gasteiger partial charge is 0.486 e. The molecule has 0 N–H and O–H groups in total. The Hall–Kier alpha value is -2.12. The van der Waals surface area contributed by atoms with Crippen LogP contribution in [0, 0.1) is 5.82 Å². The number of hydrogen-bond donors (Lipinski definition) is 0. The molecule has 1 heterocycles. The second-order valence-corrected chi connectivity index (χ2v) is 8.19. The second-order valence-electron chi connectivity index (χ2n) is 6.28. The second kappa shape index (κ2) is 7.19. The molecule has 0 bridgehead atoms. The summed E-state index contributed by atoms with van der Waals surface area (Å²) in [6.45, 7) is 7.29. The van der Waals surface area contributed by atoms with Gasteiger partial charge < -0.3 is 9.47 Å². The van der Waals surface area contributed by atoms with Crippen LogP contribution in [-0.4, -0.2) is 33.9 Å². The minimum Gasteiger partial charge on any atom is -0.486 e. The van der Waals surface area contributed by atoms with E-state index in [1.165, 1.54) is 12.1 Å². The molecule has 1 aliphatic rings. The van der Waals surface area contributed by atoms with E-state index in [1.807, 2.05) is 0 Å². The van der Waals surface area contributed by atoms with Gasteiger partial charge in [-0.25, -0.2) is 8.60 Å². The Bertz CT molecular complexity index is 739. The molecule has 7 nitrogen and oxygen atoms in total. The summed E-state index contributed by atoms with van der Waals surface area (Å²) < 4.78 is 41.0. The van der Waals surface area contributed by atoms with Gasteiger partial charge in [0.05, 0.1) is 17.0 Å². The first kappa shape index (κ1) is 18.2. The molecule has 2 atom stereocenters. The zero-order valence-corrected chi connectivity index (χ0v) is 14.8. The number of rotatable bonds is 4. The summed E-state index contributed by atoms with van der Waals surface area (Å²) >= 11 is 0. The molecule has 0 saturated carbocycles. The van der Waals surface area contributed by atoms with E-state index in [-0.39, 0.29) is 18.9 Å². The molecule has 0 radical (unpaired) electrons. The lowest BCUT2D eigenvalue weighted by Gasteiger charge is -2.27. The highest BCUT2D eigenvalue weighted by atomic mass is 32.2. The number of benzene rings is 1. The highest BCUT2D eigenvalue weighted by molar-refractivity contribution is 7.85. The molecule has 0 unspecified atom stereocenters. The van der Waals surface area contributed by atoms with Gasteiger partial charge in [-0.2, -0.15) is 4.40 Å². The van der Waals surface area contributed by atoms with Crippen molar-refractivity contribution in [1.82, 2.24) is 0 Å². The van der Waals surface area contributed by atoms with Crippen molar-refractivity contribution in [2.24, 2.45) is 9.51 Å². The third-order valence-electron chi connectivity index (χ3n) is 3.21. The van der Waals surface area contributed by atoms with E-state index in [0.717, 1.165) is 0 Å². The fraction of sp³-hybridized carbons (Fsp3) is 0.533. The predicted octanol–water partition coefficient (Wildman–Crippen LogP) is 3.55. The van der Waals surface area contributed by atoms with Gasteiger partial charge in [0.1, 0.15) is 29.5 Å². The number of hydrogen-bond acceptors (Lipinski definition) is 4. The molecule has 1 aromatic rings. The molecular formula is C15H19FN4O3S. The number of fused-ring (bicyclic) bond motifs is 1. The van der Waals surface area contributed by atoms with E-state index in [4.69, 9.17) is 15.0 Å². The van der Waals surface area contributed by atoms with Crippen LogP contribution < -0.4 is 9.47 Å². The summed E-state index contributed by atoms with van der Waals surface area (Å²) in [6, 6.07) is 2.48. The van der Waals surface area contributed by atoms with E-state index in [9.17, 15) is 8.60 Å². The van der Waals surface area contributed by atoms with Crippen molar-refractivity contribution < 1.29 is 18.1 Å². The SMILES string of the molecule is CC(=N[S@](=O)C(C)(C)C)c1cc(F)cc2c1O[C@H](CN=[N+]=[N-])CO2. The molecule has 2 rings (SSSR count). The fourth-order valence-corrected chi connectivity index (χ4v) is 2.60. The van der Waals surface area contributed by atoms with Gasteiger partial charge in [0, 0.05) is 16.5 Å². The van der Waals surface area contributed by atoms with Crippen LogP contribution in [0.3, 0.4) is 0 Å². The van der Waals surface area contributed by atoms with Crippen LogP contribution in [0.1, 0.15) is 33.3 Å².